The van der Waals surface area contributed by atoms with Crippen molar-refractivity contribution in [3.05, 3.63) is 0 Å². The highest BCUT2D eigenvalue weighted by molar-refractivity contribution is 7.47. The molecule has 5 atom stereocenters. The summed E-state index contributed by atoms with van der Waals surface area (Å²) in [5, 5.41) is 10.7. The molecule has 3 N–H and O–H groups in total. The van der Waals surface area contributed by atoms with Crippen LogP contribution in [0.4, 0.5) is 0 Å². The monoisotopic (exact) mass is 1610 g/mol. The Balaban J connectivity index is 5.21. The van der Waals surface area contributed by atoms with Gasteiger partial charge in [-0.15, -0.1) is 0 Å². The third-order valence-corrected chi connectivity index (χ3v) is 23.4. The number of unbranched alkanes of at least 4 members (excludes halogenated alkanes) is 60. The van der Waals surface area contributed by atoms with Gasteiger partial charge in [0.05, 0.1) is 26.4 Å². The van der Waals surface area contributed by atoms with Crippen molar-refractivity contribution in [1.82, 2.24) is 0 Å². The molecule has 0 aromatic heterocycles. The minimum atomic E-state index is -4.97. The fourth-order valence-electron chi connectivity index (χ4n) is 14.3. The molecule has 2 unspecified atom stereocenters. The molecule has 110 heavy (non-hydrogen) atoms. The molecule has 0 saturated carbocycles. The summed E-state index contributed by atoms with van der Waals surface area (Å²) >= 11 is 0. The number of hydrogen-bond acceptors (Lipinski definition) is 15. The maximum atomic E-state index is 13.2. The molecule has 0 rings (SSSR count). The van der Waals surface area contributed by atoms with Gasteiger partial charge in [0.1, 0.15) is 19.3 Å². The largest absolute Gasteiger partial charge is 0.472 e. The van der Waals surface area contributed by atoms with Gasteiger partial charge in [-0.25, -0.2) is 9.13 Å². The summed E-state index contributed by atoms with van der Waals surface area (Å²) in [5.74, 6) is -0.474. The van der Waals surface area contributed by atoms with E-state index in [9.17, 15) is 43.2 Å². The van der Waals surface area contributed by atoms with Crippen LogP contribution in [0.1, 0.15) is 491 Å². The first-order valence-corrected chi connectivity index (χ1v) is 50.0. The van der Waals surface area contributed by atoms with Gasteiger partial charge in [-0.2, -0.15) is 0 Å². The summed E-state index contributed by atoms with van der Waals surface area (Å²) in [5.41, 5.74) is 0. The number of phosphoric ester groups is 2. The van der Waals surface area contributed by atoms with Crippen LogP contribution in [-0.2, 0) is 65.4 Å². The summed E-state index contributed by atoms with van der Waals surface area (Å²) in [6.45, 7) is 9.75. The molecule has 19 heteroatoms. The molecule has 0 spiro atoms. The molecule has 654 valence electrons. The Morgan fingerprint density at radius 2 is 0.418 bits per heavy atom. The smallest absolute Gasteiger partial charge is 0.462 e. The van der Waals surface area contributed by atoms with Crippen LogP contribution in [-0.4, -0.2) is 96.7 Å². The molecular weight excluding hydrogens is 1430 g/mol. The Morgan fingerprint density at radius 1 is 0.245 bits per heavy atom. The highest BCUT2D eigenvalue weighted by atomic mass is 31.2. The number of esters is 4. The van der Waals surface area contributed by atoms with Crippen LogP contribution in [0.2, 0.25) is 0 Å². The van der Waals surface area contributed by atoms with Crippen LogP contribution in [0.5, 0.6) is 0 Å². The number of aliphatic hydroxyl groups is 1. The third kappa shape index (κ3) is 84.0. The summed E-state index contributed by atoms with van der Waals surface area (Å²) < 4.78 is 69.0. The Bertz CT molecular complexity index is 2100. The molecule has 17 nitrogen and oxygen atoms in total. The van der Waals surface area contributed by atoms with Crippen molar-refractivity contribution in [1.29, 1.82) is 0 Å². The van der Waals surface area contributed by atoms with E-state index in [1.807, 2.05) is 0 Å². The van der Waals surface area contributed by atoms with Crippen molar-refractivity contribution in [3.63, 3.8) is 0 Å². The van der Waals surface area contributed by atoms with Crippen LogP contribution in [0.15, 0.2) is 0 Å². The minimum absolute atomic E-state index is 0.108. The number of rotatable bonds is 90. The zero-order valence-corrected chi connectivity index (χ0v) is 74.4. The Hall–Kier alpha value is -1.94. The highest BCUT2D eigenvalue weighted by Crippen LogP contribution is 2.45. The molecule has 0 bridgehead atoms. The van der Waals surface area contributed by atoms with Crippen LogP contribution < -0.4 is 0 Å². The van der Waals surface area contributed by atoms with E-state index < -0.39 is 97.5 Å². The molecule has 0 aliphatic carbocycles. The zero-order valence-electron chi connectivity index (χ0n) is 72.6. The van der Waals surface area contributed by atoms with Crippen LogP contribution in [0, 0.1) is 11.8 Å². The molecule has 0 amide bonds. The number of carbonyl (C=O) groups excluding carboxylic acids is 4. The van der Waals surface area contributed by atoms with Gasteiger partial charge in [-0.05, 0) is 37.5 Å². The van der Waals surface area contributed by atoms with Crippen molar-refractivity contribution in [2.45, 2.75) is 509 Å². The quantitative estimate of drug-likeness (QED) is 0.0222. The Kier molecular flexibility index (Phi) is 80.7. The van der Waals surface area contributed by atoms with E-state index in [2.05, 4.69) is 41.5 Å². The lowest BCUT2D eigenvalue weighted by atomic mass is 10.0. The predicted octanol–water partition coefficient (Wildman–Crippen LogP) is 28.2. The van der Waals surface area contributed by atoms with E-state index in [4.69, 9.17) is 37.0 Å². The van der Waals surface area contributed by atoms with Crippen molar-refractivity contribution in [2.75, 3.05) is 39.6 Å². The average molecular weight is 1610 g/mol. The van der Waals surface area contributed by atoms with E-state index in [1.54, 1.807) is 0 Å². The van der Waals surface area contributed by atoms with Crippen molar-refractivity contribution < 1.29 is 80.2 Å². The van der Waals surface area contributed by atoms with Crippen molar-refractivity contribution in [2.24, 2.45) is 11.8 Å². The van der Waals surface area contributed by atoms with Crippen molar-refractivity contribution in [3.8, 4) is 0 Å². The number of carbonyl (C=O) groups is 4. The molecule has 0 aliphatic heterocycles. The topological polar surface area (TPSA) is 237 Å². The number of ether oxygens (including phenoxy) is 4. The fraction of sp³-hybridized carbons (Fsp3) is 0.956. The second-order valence-corrected chi connectivity index (χ2v) is 36.6. The van der Waals surface area contributed by atoms with Crippen molar-refractivity contribution >= 4 is 39.5 Å². The van der Waals surface area contributed by atoms with E-state index in [0.717, 1.165) is 102 Å². The summed E-state index contributed by atoms with van der Waals surface area (Å²) in [7, 11) is -9.93. The maximum Gasteiger partial charge on any atom is 0.472 e. The van der Waals surface area contributed by atoms with Gasteiger partial charge in [0, 0.05) is 25.7 Å². The third-order valence-electron chi connectivity index (χ3n) is 21.5. The second kappa shape index (κ2) is 82.2. The minimum Gasteiger partial charge on any atom is -0.462 e. The highest BCUT2D eigenvalue weighted by Gasteiger charge is 2.31. The molecular formula is C91H178O17P2. The van der Waals surface area contributed by atoms with Crippen LogP contribution in [0.3, 0.4) is 0 Å². The van der Waals surface area contributed by atoms with Gasteiger partial charge < -0.3 is 33.8 Å². The van der Waals surface area contributed by atoms with Gasteiger partial charge >= 0.3 is 39.5 Å². The van der Waals surface area contributed by atoms with E-state index in [1.165, 1.54) is 308 Å². The molecule has 0 saturated heterocycles. The standard InChI is InChI=1S/C91H178O17P2/c1-7-9-11-13-15-17-19-20-21-22-23-24-25-26-27-35-40-45-51-57-63-69-75-91(96)108-87(80-102-89(94)74-68-62-56-50-44-39-34-30-28-32-37-42-47-53-59-65-71-83(3)4)82-106-110(99,100)104-78-85(92)77-103-109(97,98)105-81-86(79-101-88(93)73-67-61-55-49-18-16-14-12-10-8-2)107-90(95)76-70-64-58-52-46-41-36-31-29-33-38-43-48-54-60-66-72-84(5)6/h83-87,92H,7-82H2,1-6H3,(H,97,98)(H,99,100)/t85-,86+,87+/m0/s1. The molecule has 0 fully saturated rings. The first-order chi connectivity index (χ1) is 53.4. The van der Waals surface area contributed by atoms with Gasteiger partial charge in [0.2, 0.25) is 0 Å². The molecule has 0 aromatic carbocycles. The predicted molar refractivity (Wildman–Crippen MR) is 455 cm³/mol. The van der Waals surface area contributed by atoms with E-state index >= 15 is 0 Å². The number of aliphatic hydroxyl groups excluding tert-OH is 1. The first kappa shape index (κ1) is 108. The number of hydrogen-bond donors (Lipinski definition) is 3. The number of phosphoric acid groups is 2. The van der Waals surface area contributed by atoms with Gasteiger partial charge in [0.15, 0.2) is 12.2 Å². The Morgan fingerprint density at radius 3 is 0.618 bits per heavy atom. The van der Waals surface area contributed by atoms with Gasteiger partial charge in [-0.3, -0.25) is 37.3 Å². The lowest BCUT2D eigenvalue weighted by Gasteiger charge is -2.21. The zero-order chi connectivity index (χ0) is 80.6. The summed E-state index contributed by atoms with van der Waals surface area (Å²) in [6.07, 6.45) is 76.5. The van der Waals surface area contributed by atoms with Gasteiger partial charge in [-0.1, -0.05) is 440 Å². The lowest BCUT2D eigenvalue weighted by Crippen LogP contribution is -2.30. The second-order valence-electron chi connectivity index (χ2n) is 33.6. The molecule has 0 radical (unpaired) electrons. The molecule has 0 heterocycles. The van der Waals surface area contributed by atoms with E-state index in [-0.39, 0.29) is 25.7 Å². The normalized spacial score (nSPS) is 13.7. The van der Waals surface area contributed by atoms with Crippen LogP contribution in [0.25, 0.3) is 0 Å². The average Bonchev–Trinajstić information content (AvgIpc) is 0.898. The summed E-state index contributed by atoms with van der Waals surface area (Å²) in [6, 6.07) is 0. The lowest BCUT2D eigenvalue weighted by molar-refractivity contribution is -0.161. The maximum absolute atomic E-state index is 13.2. The summed E-state index contributed by atoms with van der Waals surface area (Å²) in [4.78, 5) is 73.4. The molecule has 0 aliphatic rings. The molecule has 0 aromatic rings. The van der Waals surface area contributed by atoms with Crippen LogP contribution >= 0.6 is 15.6 Å². The SMILES string of the molecule is CCCCCCCCCCCCCCCCCCCCCCCCC(=O)O[C@H](COC(=O)CCCCCCCCCCCCCCCCCCC(C)C)COP(=O)(O)OC[C@@H](O)COP(=O)(O)OC[C@@H](COC(=O)CCCCCCCCCCCC)OC(=O)CCCCCCCCCCCCCCCCCCC(C)C. The fourth-order valence-corrected chi connectivity index (χ4v) is 15.9. The van der Waals surface area contributed by atoms with E-state index in [0.29, 0.717) is 25.7 Å². The Labute approximate surface area is 677 Å². The first-order valence-electron chi connectivity index (χ1n) is 47.0. The van der Waals surface area contributed by atoms with Gasteiger partial charge in [0.25, 0.3) is 0 Å².